The number of para-hydroxylation sites is 1. The molecule has 3 heterocycles. The van der Waals surface area contributed by atoms with Gasteiger partial charge in [-0.1, -0.05) is 78.5 Å². The number of methoxy groups -OCH3 is 1. The quantitative estimate of drug-likeness (QED) is 0.219. The number of fused-ring (bicyclic) bond motifs is 7. The van der Waals surface area contributed by atoms with Crippen LogP contribution in [-0.4, -0.2) is 48.0 Å². The van der Waals surface area contributed by atoms with Crippen molar-refractivity contribution in [1.82, 2.24) is 4.90 Å². The molecular formula is C35H30N2O6S. The average Bonchev–Trinajstić information content (AvgIpc) is 3.20. The van der Waals surface area contributed by atoms with Gasteiger partial charge in [0.25, 0.3) is 5.91 Å². The SMILES string of the molecule is COc1ccc(COCC23N=C4SCc5ccccc5C(=O)N4[C@H](c4ccccc4O2)[C@H]3COC(=O)c2ccccc2)cc1. The number of carbonyl (C=O) groups excluding carboxylic acids is 2. The van der Waals surface area contributed by atoms with Crippen LogP contribution in [0.5, 0.6) is 11.5 Å². The largest absolute Gasteiger partial charge is 0.497 e. The van der Waals surface area contributed by atoms with E-state index in [-0.39, 0.29) is 19.1 Å². The number of rotatable bonds is 8. The molecule has 4 aromatic rings. The number of ether oxygens (including phenoxy) is 4. The van der Waals surface area contributed by atoms with Crippen molar-refractivity contribution >= 4 is 28.8 Å². The summed E-state index contributed by atoms with van der Waals surface area (Å²) in [6.45, 7) is 0.353. The van der Waals surface area contributed by atoms with E-state index in [1.807, 2.05) is 78.9 Å². The van der Waals surface area contributed by atoms with E-state index in [1.165, 1.54) is 11.8 Å². The maximum absolute atomic E-state index is 14.3. The van der Waals surface area contributed by atoms with E-state index in [0.29, 0.717) is 34.4 Å². The predicted molar refractivity (Wildman–Crippen MR) is 167 cm³/mol. The van der Waals surface area contributed by atoms with Crippen LogP contribution in [0.3, 0.4) is 0 Å². The van der Waals surface area contributed by atoms with E-state index in [0.717, 1.165) is 22.4 Å². The standard InChI is InChI=1S/C35H30N2O6S/c1-40-26-17-15-23(16-18-26)19-41-22-35-29(20-42-33(39)24-9-3-2-4-10-24)31(28-13-7-8-14-30(28)43-35)37-32(38)27-12-6-5-11-25(27)21-44-34(37)36-35/h2-18,29,31H,19-22H2,1H3/t29-,31-,35?/m1/s1. The van der Waals surface area contributed by atoms with Crippen molar-refractivity contribution in [1.29, 1.82) is 0 Å². The molecule has 3 aliphatic heterocycles. The average molecular weight is 607 g/mol. The second kappa shape index (κ2) is 11.8. The monoisotopic (exact) mass is 606 g/mol. The Kier molecular flexibility index (Phi) is 7.57. The van der Waals surface area contributed by atoms with Crippen LogP contribution in [0.15, 0.2) is 108 Å². The highest BCUT2D eigenvalue weighted by molar-refractivity contribution is 8.13. The summed E-state index contributed by atoms with van der Waals surface area (Å²) in [5, 5.41) is 0.560. The Bertz CT molecular complexity index is 1730. The summed E-state index contributed by atoms with van der Waals surface area (Å²) < 4.78 is 24.3. The molecule has 8 nitrogen and oxygen atoms in total. The van der Waals surface area contributed by atoms with Gasteiger partial charge in [0.15, 0.2) is 5.17 Å². The number of aliphatic imine (C=N–C) groups is 1. The van der Waals surface area contributed by atoms with Crippen molar-refractivity contribution < 1.29 is 28.5 Å². The van der Waals surface area contributed by atoms with Crippen LogP contribution >= 0.6 is 11.8 Å². The summed E-state index contributed by atoms with van der Waals surface area (Å²) >= 11 is 1.50. The van der Waals surface area contributed by atoms with Crippen LogP contribution in [-0.2, 0) is 21.8 Å². The van der Waals surface area contributed by atoms with Gasteiger partial charge in [-0.15, -0.1) is 0 Å². The fourth-order valence-electron chi connectivity index (χ4n) is 6.00. The molecule has 222 valence electrons. The minimum Gasteiger partial charge on any atom is -0.497 e. The first kappa shape index (κ1) is 28.2. The maximum Gasteiger partial charge on any atom is 0.338 e. The topological polar surface area (TPSA) is 86.7 Å². The fourth-order valence-corrected chi connectivity index (χ4v) is 7.09. The lowest BCUT2D eigenvalue weighted by Crippen LogP contribution is -2.62. The second-order valence-electron chi connectivity index (χ2n) is 10.9. The van der Waals surface area contributed by atoms with Gasteiger partial charge in [-0.3, -0.25) is 9.69 Å². The van der Waals surface area contributed by atoms with Gasteiger partial charge in [-0.2, -0.15) is 0 Å². The Morgan fingerprint density at radius 1 is 0.977 bits per heavy atom. The highest BCUT2D eigenvalue weighted by Crippen LogP contribution is 2.53. The molecular weight excluding hydrogens is 576 g/mol. The Labute approximate surface area is 259 Å². The molecule has 1 amide bonds. The van der Waals surface area contributed by atoms with Gasteiger partial charge in [0.2, 0.25) is 5.72 Å². The molecule has 9 heteroatoms. The Morgan fingerprint density at radius 3 is 2.55 bits per heavy atom. The summed E-state index contributed by atoms with van der Waals surface area (Å²) in [7, 11) is 1.63. The Balaban J connectivity index is 1.29. The first-order valence-electron chi connectivity index (χ1n) is 14.4. The van der Waals surface area contributed by atoms with Crippen molar-refractivity contribution in [2.45, 2.75) is 24.1 Å². The first-order chi connectivity index (χ1) is 21.6. The Hall–Kier alpha value is -4.60. The molecule has 3 atom stereocenters. The van der Waals surface area contributed by atoms with Gasteiger partial charge in [-0.25, -0.2) is 9.79 Å². The highest BCUT2D eigenvalue weighted by Gasteiger charge is 2.58. The molecule has 0 radical (unpaired) electrons. The summed E-state index contributed by atoms with van der Waals surface area (Å²) in [4.78, 5) is 34.4. The van der Waals surface area contributed by atoms with Crippen LogP contribution < -0.4 is 9.47 Å². The summed E-state index contributed by atoms with van der Waals surface area (Å²) in [5.74, 6) is 0.815. The van der Waals surface area contributed by atoms with Crippen molar-refractivity contribution in [3.8, 4) is 11.5 Å². The number of hydrogen-bond acceptors (Lipinski definition) is 8. The van der Waals surface area contributed by atoms with Crippen LogP contribution in [0, 0.1) is 5.92 Å². The number of hydrogen-bond donors (Lipinski definition) is 0. The third-order valence-corrected chi connectivity index (χ3v) is 9.22. The lowest BCUT2D eigenvalue weighted by molar-refractivity contribution is -0.116. The minimum atomic E-state index is -1.25. The lowest BCUT2D eigenvalue weighted by atomic mass is 9.80. The summed E-state index contributed by atoms with van der Waals surface area (Å²) in [5.41, 5.74) is 2.57. The van der Waals surface area contributed by atoms with Gasteiger partial charge < -0.3 is 18.9 Å². The van der Waals surface area contributed by atoms with Gasteiger partial charge in [0.1, 0.15) is 24.7 Å². The van der Waals surface area contributed by atoms with E-state index in [4.69, 9.17) is 23.9 Å². The number of benzene rings is 4. The molecule has 0 spiro atoms. The molecule has 0 fully saturated rings. The van der Waals surface area contributed by atoms with E-state index >= 15 is 0 Å². The first-order valence-corrected chi connectivity index (χ1v) is 15.4. The zero-order valence-corrected chi connectivity index (χ0v) is 24.9. The summed E-state index contributed by atoms with van der Waals surface area (Å²) in [6.07, 6.45) is 0. The second-order valence-corrected chi connectivity index (χ2v) is 11.8. The van der Waals surface area contributed by atoms with Crippen molar-refractivity contribution in [2.24, 2.45) is 10.9 Å². The number of amides is 1. The normalized spacial score (nSPS) is 21.5. The van der Waals surface area contributed by atoms with Gasteiger partial charge >= 0.3 is 5.97 Å². The third kappa shape index (κ3) is 5.12. The molecule has 0 saturated carbocycles. The van der Waals surface area contributed by atoms with Crippen LogP contribution in [0.2, 0.25) is 0 Å². The number of carbonyl (C=O) groups is 2. The van der Waals surface area contributed by atoms with Crippen LogP contribution in [0.4, 0.5) is 0 Å². The van der Waals surface area contributed by atoms with Crippen molar-refractivity contribution in [2.75, 3.05) is 20.3 Å². The van der Waals surface area contributed by atoms with Crippen molar-refractivity contribution in [3.05, 3.63) is 131 Å². The molecule has 7 rings (SSSR count). The van der Waals surface area contributed by atoms with Gasteiger partial charge in [-0.05, 0) is 47.5 Å². The molecule has 3 aliphatic rings. The predicted octanol–water partition coefficient (Wildman–Crippen LogP) is 6.27. The zero-order valence-electron chi connectivity index (χ0n) is 24.1. The minimum absolute atomic E-state index is 0.0362. The van der Waals surface area contributed by atoms with Gasteiger partial charge in [0.05, 0.1) is 31.2 Å². The highest BCUT2D eigenvalue weighted by atomic mass is 32.2. The smallest absolute Gasteiger partial charge is 0.338 e. The van der Waals surface area contributed by atoms with Crippen LogP contribution in [0.1, 0.15) is 43.4 Å². The van der Waals surface area contributed by atoms with Crippen molar-refractivity contribution in [3.63, 3.8) is 0 Å². The fraction of sp³-hybridized carbons (Fsp3) is 0.229. The molecule has 2 bridgehead atoms. The lowest BCUT2D eigenvalue weighted by Gasteiger charge is -2.52. The number of esters is 1. The number of thioether (sulfide) groups is 1. The molecule has 0 N–H and O–H groups in total. The zero-order chi connectivity index (χ0) is 30.1. The van der Waals surface area contributed by atoms with Gasteiger partial charge in [0, 0.05) is 16.9 Å². The number of nitrogens with zero attached hydrogens (tertiary/aromatic N) is 2. The van der Waals surface area contributed by atoms with E-state index in [9.17, 15) is 9.59 Å². The molecule has 0 aliphatic carbocycles. The molecule has 0 aromatic heterocycles. The van der Waals surface area contributed by atoms with E-state index in [1.54, 1.807) is 36.3 Å². The van der Waals surface area contributed by atoms with E-state index in [2.05, 4.69) is 0 Å². The summed E-state index contributed by atoms with van der Waals surface area (Å²) in [6, 6.07) is 31.3. The van der Waals surface area contributed by atoms with E-state index < -0.39 is 23.7 Å². The third-order valence-electron chi connectivity index (χ3n) is 8.22. The molecule has 44 heavy (non-hydrogen) atoms. The molecule has 4 aromatic carbocycles. The van der Waals surface area contributed by atoms with Crippen LogP contribution in [0.25, 0.3) is 0 Å². The number of amidine groups is 1. The molecule has 0 saturated heterocycles. The maximum atomic E-state index is 14.3. The Morgan fingerprint density at radius 2 is 1.73 bits per heavy atom. The molecule has 1 unspecified atom stereocenters.